The summed E-state index contributed by atoms with van der Waals surface area (Å²) in [5.74, 6) is -1.17. The lowest BCUT2D eigenvalue weighted by atomic mass is 9.70. The molecule has 2 aliphatic carbocycles. The molecule has 2 heterocycles. The first-order chi connectivity index (χ1) is 15.6. The van der Waals surface area contributed by atoms with Crippen molar-refractivity contribution in [2.24, 2.45) is 10.9 Å². The number of nitrogens with zero attached hydrogens (tertiary/aromatic N) is 2. The minimum absolute atomic E-state index is 0.0282. The van der Waals surface area contributed by atoms with Crippen LogP contribution in [0.3, 0.4) is 0 Å². The number of aromatic nitrogens is 1. The second kappa shape index (κ2) is 8.81. The number of carbonyl (C=O) groups excluding carboxylic acids is 2. The lowest BCUT2D eigenvalue weighted by Crippen LogP contribution is -2.39. The van der Waals surface area contributed by atoms with Crippen LogP contribution < -0.4 is 0 Å². The SMILES string of the molecule is CC1=NC2=C(C(=O)C[C@@H](c3ccccc3)C2)[C@@H](c2ccccn2)C1C(=O)OC1CCCC1. The van der Waals surface area contributed by atoms with E-state index in [0.29, 0.717) is 24.1 Å². The van der Waals surface area contributed by atoms with E-state index in [0.717, 1.165) is 42.6 Å². The first kappa shape index (κ1) is 20.8. The molecule has 0 radical (unpaired) electrons. The van der Waals surface area contributed by atoms with Gasteiger partial charge in [-0.15, -0.1) is 0 Å². The zero-order valence-electron chi connectivity index (χ0n) is 18.4. The monoisotopic (exact) mass is 428 g/mol. The molecule has 1 aromatic carbocycles. The van der Waals surface area contributed by atoms with E-state index in [9.17, 15) is 9.59 Å². The van der Waals surface area contributed by atoms with Crippen LogP contribution in [0.4, 0.5) is 0 Å². The van der Waals surface area contributed by atoms with Crippen molar-refractivity contribution in [1.82, 2.24) is 4.98 Å². The lowest BCUT2D eigenvalue weighted by molar-refractivity contribution is -0.151. The van der Waals surface area contributed by atoms with Crippen LogP contribution in [0.1, 0.15) is 68.5 Å². The molecule has 1 aromatic heterocycles. The molecule has 1 saturated carbocycles. The first-order valence-corrected chi connectivity index (χ1v) is 11.6. The number of ketones is 1. The molecule has 0 N–H and O–H groups in total. The van der Waals surface area contributed by atoms with Gasteiger partial charge in [0.05, 0.1) is 5.92 Å². The average Bonchev–Trinajstić information content (AvgIpc) is 3.32. The average molecular weight is 429 g/mol. The number of esters is 1. The summed E-state index contributed by atoms with van der Waals surface area (Å²) in [6.45, 7) is 1.89. The molecule has 32 heavy (non-hydrogen) atoms. The van der Waals surface area contributed by atoms with E-state index in [4.69, 9.17) is 9.73 Å². The standard InChI is InChI=1S/C27H28N2O3/c1-17-24(27(31)32-20-11-5-6-12-20)26(21-13-7-8-14-28-21)25-22(29-17)15-19(16-23(25)30)18-9-3-2-4-10-18/h2-4,7-10,13-14,19-20,24,26H,5-6,11-12,15-16H2,1H3/t19-,24?,26-/m0/s1. The zero-order valence-corrected chi connectivity index (χ0v) is 18.4. The zero-order chi connectivity index (χ0) is 22.1. The quantitative estimate of drug-likeness (QED) is 0.632. The molecule has 1 unspecified atom stereocenters. The van der Waals surface area contributed by atoms with Crippen LogP contribution in [-0.4, -0.2) is 28.6 Å². The van der Waals surface area contributed by atoms with Crippen molar-refractivity contribution in [3.05, 3.63) is 77.3 Å². The van der Waals surface area contributed by atoms with Gasteiger partial charge in [-0.3, -0.25) is 19.6 Å². The molecule has 0 amide bonds. The normalized spacial score (nSPS) is 26.0. The largest absolute Gasteiger partial charge is 0.462 e. The van der Waals surface area contributed by atoms with Gasteiger partial charge in [-0.2, -0.15) is 0 Å². The van der Waals surface area contributed by atoms with Crippen LogP contribution in [-0.2, 0) is 14.3 Å². The fraction of sp³-hybridized carbons (Fsp3) is 0.407. The maximum atomic E-state index is 13.5. The number of benzene rings is 1. The third-order valence-electron chi connectivity index (χ3n) is 7.00. The molecule has 0 spiro atoms. The first-order valence-electron chi connectivity index (χ1n) is 11.6. The smallest absolute Gasteiger partial charge is 0.315 e. The highest BCUT2D eigenvalue weighted by Crippen LogP contribution is 2.46. The van der Waals surface area contributed by atoms with Crippen molar-refractivity contribution in [1.29, 1.82) is 0 Å². The highest BCUT2D eigenvalue weighted by atomic mass is 16.5. The molecule has 0 bridgehead atoms. The number of allylic oxidation sites excluding steroid dienone is 2. The molecule has 164 valence electrons. The van der Waals surface area contributed by atoms with Crippen LogP contribution in [0.5, 0.6) is 0 Å². The van der Waals surface area contributed by atoms with Crippen molar-refractivity contribution in [2.75, 3.05) is 0 Å². The Hall–Kier alpha value is -3.08. The highest BCUT2D eigenvalue weighted by molar-refractivity contribution is 6.09. The summed E-state index contributed by atoms with van der Waals surface area (Å²) in [5, 5.41) is 0. The maximum Gasteiger partial charge on any atom is 0.315 e. The molecule has 3 aliphatic rings. The van der Waals surface area contributed by atoms with Gasteiger partial charge in [0.25, 0.3) is 0 Å². The minimum Gasteiger partial charge on any atom is -0.462 e. The van der Waals surface area contributed by atoms with E-state index < -0.39 is 11.8 Å². The van der Waals surface area contributed by atoms with Gasteiger partial charge in [-0.1, -0.05) is 36.4 Å². The number of pyridine rings is 1. The van der Waals surface area contributed by atoms with Gasteiger partial charge in [0.2, 0.25) is 0 Å². The molecule has 5 nitrogen and oxygen atoms in total. The van der Waals surface area contributed by atoms with Crippen LogP contribution in [0.2, 0.25) is 0 Å². The summed E-state index contributed by atoms with van der Waals surface area (Å²) in [6.07, 6.45) is 6.81. The van der Waals surface area contributed by atoms with E-state index in [1.807, 2.05) is 43.3 Å². The molecule has 5 heteroatoms. The number of rotatable bonds is 4. The minimum atomic E-state index is -0.610. The Morgan fingerprint density at radius 1 is 1.00 bits per heavy atom. The van der Waals surface area contributed by atoms with Gasteiger partial charge < -0.3 is 4.74 Å². The Bertz CT molecular complexity index is 1070. The van der Waals surface area contributed by atoms with Crippen molar-refractivity contribution < 1.29 is 14.3 Å². The molecular weight excluding hydrogens is 400 g/mol. The van der Waals surface area contributed by atoms with Crippen LogP contribution in [0.25, 0.3) is 0 Å². The van der Waals surface area contributed by atoms with Gasteiger partial charge in [0.15, 0.2) is 5.78 Å². The summed E-state index contributed by atoms with van der Waals surface area (Å²) in [7, 11) is 0. The third kappa shape index (κ3) is 3.92. The molecular formula is C27H28N2O3. The summed E-state index contributed by atoms with van der Waals surface area (Å²) >= 11 is 0. The fourth-order valence-corrected chi connectivity index (χ4v) is 5.45. The predicted molar refractivity (Wildman–Crippen MR) is 122 cm³/mol. The van der Waals surface area contributed by atoms with E-state index in [-0.39, 0.29) is 23.8 Å². The molecule has 1 fully saturated rings. The van der Waals surface area contributed by atoms with Crippen molar-refractivity contribution >= 4 is 17.5 Å². The van der Waals surface area contributed by atoms with Gasteiger partial charge in [-0.25, -0.2) is 0 Å². The Morgan fingerprint density at radius 2 is 1.75 bits per heavy atom. The van der Waals surface area contributed by atoms with Crippen molar-refractivity contribution in [2.45, 2.75) is 63.4 Å². The van der Waals surface area contributed by atoms with Gasteiger partial charge in [-0.05, 0) is 62.6 Å². The van der Waals surface area contributed by atoms with Gasteiger partial charge in [0.1, 0.15) is 12.0 Å². The Kier molecular flexibility index (Phi) is 5.73. The second-order valence-corrected chi connectivity index (χ2v) is 9.11. The number of Topliss-reactive ketones (excluding diaryl/α,β-unsaturated/α-hetero) is 1. The van der Waals surface area contributed by atoms with Crippen LogP contribution in [0.15, 0.2) is 71.0 Å². The molecule has 2 aromatic rings. The maximum absolute atomic E-state index is 13.5. The highest BCUT2D eigenvalue weighted by Gasteiger charge is 2.45. The van der Waals surface area contributed by atoms with Gasteiger partial charge in [0, 0.05) is 35.3 Å². The summed E-state index contributed by atoms with van der Waals surface area (Å²) in [5.41, 5.74) is 4.04. The van der Waals surface area contributed by atoms with Crippen LogP contribution >= 0.6 is 0 Å². The fourth-order valence-electron chi connectivity index (χ4n) is 5.45. The summed E-state index contributed by atoms with van der Waals surface area (Å²) < 4.78 is 5.90. The number of carbonyl (C=O) groups is 2. The topological polar surface area (TPSA) is 68.6 Å². The third-order valence-corrected chi connectivity index (χ3v) is 7.00. The summed E-state index contributed by atoms with van der Waals surface area (Å²) in [4.78, 5) is 36.2. The molecule has 3 atom stereocenters. The predicted octanol–water partition coefficient (Wildman–Crippen LogP) is 5.14. The molecule has 5 rings (SSSR count). The second-order valence-electron chi connectivity index (χ2n) is 9.11. The number of hydrogen-bond donors (Lipinski definition) is 0. The number of aliphatic imine (C=N–C) groups is 1. The number of ether oxygens (including phenoxy) is 1. The Morgan fingerprint density at radius 3 is 2.47 bits per heavy atom. The van der Waals surface area contributed by atoms with E-state index in [2.05, 4.69) is 17.1 Å². The molecule has 0 saturated heterocycles. The van der Waals surface area contributed by atoms with E-state index >= 15 is 0 Å². The Labute approximate surface area is 188 Å². The lowest BCUT2D eigenvalue weighted by Gasteiger charge is -2.36. The van der Waals surface area contributed by atoms with E-state index in [1.165, 1.54) is 0 Å². The van der Waals surface area contributed by atoms with Crippen molar-refractivity contribution in [3.8, 4) is 0 Å². The van der Waals surface area contributed by atoms with Gasteiger partial charge >= 0.3 is 5.97 Å². The van der Waals surface area contributed by atoms with E-state index in [1.54, 1.807) is 6.20 Å². The molecule has 1 aliphatic heterocycles. The van der Waals surface area contributed by atoms with Crippen molar-refractivity contribution in [3.63, 3.8) is 0 Å². The number of hydrogen-bond acceptors (Lipinski definition) is 5. The Balaban J connectivity index is 1.53. The summed E-state index contributed by atoms with van der Waals surface area (Å²) in [6, 6.07) is 15.8. The van der Waals surface area contributed by atoms with Crippen LogP contribution in [0, 0.1) is 5.92 Å².